The molecule has 0 atom stereocenters. The van der Waals surface area contributed by atoms with Gasteiger partial charge < -0.3 is 24.2 Å². The van der Waals surface area contributed by atoms with Crippen LogP contribution >= 0.6 is 0 Å². The Kier molecular flexibility index (Phi) is 6.49. The molecule has 7 nitrogen and oxygen atoms in total. The van der Waals surface area contributed by atoms with Crippen molar-refractivity contribution in [3.8, 4) is 28.4 Å². The Hall–Kier alpha value is -4.00. The lowest BCUT2D eigenvalue weighted by atomic mass is 10.0. The van der Waals surface area contributed by atoms with Crippen LogP contribution in [0.2, 0.25) is 0 Å². The van der Waals surface area contributed by atoms with Gasteiger partial charge in [0, 0.05) is 23.7 Å². The van der Waals surface area contributed by atoms with Crippen molar-refractivity contribution >= 4 is 11.9 Å². The van der Waals surface area contributed by atoms with Gasteiger partial charge in [0.05, 0.1) is 0 Å². The van der Waals surface area contributed by atoms with Crippen molar-refractivity contribution in [3.05, 3.63) is 77.9 Å². The number of carbonyl (C=O) groups excluding carboxylic acids is 1. The van der Waals surface area contributed by atoms with Crippen molar-refractivity contribution < 1.29 is 28.9 Å². The topological polar surface area (TPSA) is 85.3 Å². The highest BCUT2D eigenvalue weighted by Gasteiger charge is 2.21. The zero-order valence-electron chi connectivity index (χ0n) is 18.5. The number of benzene rings is 3. The van der Waals surface area contributed by atoms with Gasteiger partial charge in [-0.25, -0.2) is 4.79 Å². The first-order valence-corrected chi connectivity index (χ1v) is 10.7. The number of rotatable bonds is 8. The summed E-state index contributed by atoms with van der Waals surface area (Å²) in [4.78, 5) is 25.9. The van der Waals surface area contributed by atoms with Crippen molar-refractivity contribution in [1.82, 2.24) is 4.90 Å². The summed E-state index contributed by atoms with van der Waals surface area (Å²) in [5.74, 6) is 0.726. The van der Waals surface area contributed by atoms with Gasteiger partial charge in [0.15, 0.2) is 18.1 Å². The highest BCUT2D eigenvalue weighted by Crippen LogP contribution is 2.36. The standard InChI is InChI=1S/C26H25NO6/c1-17(2)27(14-21-5-3-4-6-22(21)31-15-25(28)29)26(30)19-9-7-18(8-10-19)20-11-12-23-24(13-20)33-16-32-23/h3-13,17H,14-16H2,1-2H3,(H,28,29). The van der Waals surface area contributed by atoms with Gasteiger partial charge in [-0.2, -0.15) is 0 Å². The maximum atomic E-state index is 13.3. The normalized spacial score (nSPS) is 12.0. The minimum absolute atomic E-state index is 0.0708. The fraction of sp³-hybridized carbons (Fsp3) is 0.231. The van der Waals surface area contributed by atoms with Gasteiger partial charge in [-0.1, -0.05) is 36.4 Å². The number of carboxylic acid groups (broad SMARTS) is 1. The molecule has 0 saturated heterocycles. The van der Waals surface area contributed by atoms with E-state index in [4.69, 9.17) is 19.3 Å². The van der Waals surface area contributed by atoms with E-state index < -0.39 is 12.6 Å². The molecule has 0 saturated carbocycles. The molecule has 0 bridgehead atoms. The Morgan fingerprint density at radius 1 is 0.970 bits per heavy atom. The summed E-state index contributed by atoms with van der Waals surface area (Å²) in [6.07, 6.45) is 0. The molecule has 0 unspecified atom stereocenters. The third-order valence-corrected chi connectivity index (χ3v) is 5.39. The molecule has 3 aromatic carbocycles. The van der Waals surface area contributed by atoms with Crippen LogP contribution in [0.5, 0.6) is 17.2 Å². The van der Waals surface area contributed by atoms with Crippen LogP contribution in [-0.4, -0.2) is 41.3 Å². The second-order valence-electron chi connectivity index (χ2n) is 7.96. The first-order valence-electron chi connectivity index (χ1n) is 10.7. The highest BCUT2D eigenvalue weighted by molar-refractivity contribution is 5.95. The maximum Gasteiger partial charge on any atom is 0.341 e. The van der Waals surface area contributed by atoms with Crippen LogP contribution < -0.4 is 14.2 Å². The smallest absolute Gasteiger partial charge is 0.341 e. The summed E-state index contributed by atoms with van der Waals surface area (Å²) in [6, 6.07) is 20.3. The molecule has 33 heavy (non-hydrogen) atoms. The SMILES string of the molecule is CC(C)N(Cc1ccccc1OCC(=O)O)C(=O)c1ccc(-c2ccc3c(c2)OCO3)cc1. The average molecular weight is 447 g/mol. The molecule has 7 heteroatoms. The van der Waals surface area contributed by atoms with Crippen LogP contribution in [0.1, 0.15) is 29.8 Å². The van der Waals surface area contributed by atoms with Gasteiger partial charge >= 0.3 is 5.97 Å². The van der Waals surface area contributed by atoms with E-state index in [0.717, 1.165) is 22.4 Å². The maximum absolute atomic E-state index is 13.3. The molecular formula is C26H25NO6. The summed E-state index contributed by atoms with van der Waals surface area (Å²) >= 11 is 0. The molecule has 0 aliphatic carbocycles. The molecule has 1 amide bonds. The quantitative estimate of drug-likeness (QED) is 0.543. The first-order chi connectivity index (χ1) is 15.9. The predicted molar refractivity (Wildman–Crippen MR) is 123 cm³/mol. The number of hydrogen-bond donors (Lipinski definition) is 1. The molecule has 0 spiro atoms. The molecule has 4 rings (SSSR count). The van der Waals surface area contributed by atoms with E-state index >= 15 is 0 Å². The number of amides is 1. The van der Waals surface area contributed by atoms with Gasteiger partial charge in [0.2, 0.25) is 6.79 Å². The van der Waals surface area contributed by atoms with Gasteiger partial charge in [0.1, 0.15) is 5.75 Å². The number of ether oxygens (including phenoxy) is 3. The van der Waals surface area contributed by atoms with Crippen molar-refractivity contribution in [1.29, 1.82) is 0 Å². The largest absolute Gasteiger partial charge is 0.482 e. The van der Waals surface area contributed by atoms with Crippen molar-refractivity contribution in [2.75, 3.05) is 13.4 Å². The summed E-state index contributed by atoms with van der Waals surface area (Å²) in [7, 11) is 0. The second kappa shape index (κ2) is 9.65. The lowest BCUT2D eigenvalue weighted by Gasteiger charge is -2.28. The Morgan fingerprint density at radius 2 is 1.67 bits per heavy atom. The van der Waals surface area contributed by atoms with Crippen LogP contribution in [0.4, 0.5) is 0 Å². The van der Waals surface area contributed by atoms with Crippen LogP contribution in [0.25, 0.3) is 11.1 Å². The summed E-state index contributed by atoms with van der Waals surface area (Å²) < 4.78 is 16.2. The van der Waals surface area contributed by atoms with E-state index in [0.29, 0.717) is 23.6 Å². The van der Waals surface area contributed by atoms with Crippen LogP contribution in [0.3, 0.4) is 0 Å². The summed E-state index contributed by atoms with van der Waals surface area (Å²) in [5.41, 5.74) is 3.26. The van der Waals surface area contributed by atoms with E-state index in [2.05, 4.69) is 0 Å². The number of carboxylic acids is 1. The van der Waals surface area contributed by atoms with Crippen LogP contribution in [0.15, 0.2) is 66.7 Å². The molecule has 0 aromatic heterocycles. The van der Waals surface area contributed by atoms with Crippen LogP contribution in [0, 0.1) is 0 Å². The molecule has 1 aliphatic heterocycles. The van der Waals surface area contributed by atoms with Gasteiger partial charge in [-0.15, -0.1) is 0 Å². The third kappa shape index (κ3) is 5.09. The van der Waals surface area contributed by atoms with Crippen molar-refractivity contribution in [3.63, 3.8) is 0 Å². The Morgan fingerprint density at radius 3 is 2.39 bits per heavy atom. The Balaban J connectivity index is 1.52. The van der Waals surface area contributed by atoms with E-state index in [1.54, 1.807) is 17.0 Å². The van der Waals surface area contributed by atoms with Gasteiger partial charge in [-0.3, -0.25) is 4.79 Å². The number of fused-ring (bicyclic) bond motifs is 1. The van der Waals surface area contributed by atoms with Gasteiger partial charge in [-0.05, 0) is 55.3 Å². The highest BCUT2D eigenvalue weighted by atomic mass is 16.7. The molecule has 170 valence electrons. The predicted octanol–water partition coefficient (Wildman–Crippen LogP) is 4.60. The van der Waals surface area contributed by atoms with E-state index in [1.165, 1.54) is 0 Å². The fourth-order valence-electron chi connectivity index (χ4n) is 3.63. The fourth-order valence-corrected chi connectivity index (χ4v) is 3.63. The number of carbonyl (C=O) groups is 2. The van der Waals surface area contributed by atoms with Crippen molar-refractivity contribution in [2.24, 2.45) is 0 Å². The molecular weight excluding hydrogens is 422 g/mol. The molecule has 0 radical (unpaired) electrons. The third-order valence-electron chi connectivity index (χ3n) is 5.39. The monoisotopic (exact) mass is 447 g/mol. The number of aliphatic carboxylic acids is 1. The molecule has 0 fully saturated rings. The van der Waals surface area contributed by atoms with Gasteiger partial charge in [0.25, 0.3) is 5.91 Å². The molecule has 3 aromatic rings. The number of para-hydroxylation sites is 1. The first kappa shape index (κ1) is 22.2. The van der Waals surface area contributed by atoms with E-state index in [1.807, 2.05) is 68.4 Å². The molecule has 1 aliphatic rings. The summed E-state index contributed by atoms with van der Waals surface area (Å²) in [6.45, 7) is 3.98. The minimum atomic E-state index is -1.05. The number of nitrogens with zero attached hydrogens (tertiary/aromatic N) is 1. The second-order valence-corrected chi connectivity index (χ2v) is 7.96. The van der Waals surface area contributed by atoms with E-state index in [9.17, 15) is 9.59 Å². The minimum Gasteiger partial charge on any atom is -0.482 e. The number of hydrogen-bond acceptors (Lipinski definition) is 5. The Bertz CT molecular complexity index is 1160. The summed E-state index contributed by atoms with van der Waals surface area (Å²) in [5, 5.41) is 8.92. The molecule has 1 N–H and O–H groups in total. The Labute approximate surface area is 192 Å². The zero-order chi connectivity index (χ0) is 23.4. The van der Waals surface area contributed by atoms with Crippen LogP contribution in [-0.2, 0) is 11.3 Å². The lowest BCUT2D eigenvalue weighted by Crippen LogP contribution is -2.36. The zero-order valence-corrected chi connectivity index (χ0v) is 18.5. The lowest BCUT2D eigenvalue weighted by molar-refractivity contribution is -0.139. The van der Waals surface area contributed by atoms with E-state index in [-0.39, 0.29) is 18.7 Å². The molecule has 1 heterocycles. The average Bonchev–Trinajstić information content (AvgIpc) is 3.29. The van der Waals surface area contributed by atoms with Crippen molar-refractivity contribution in [2.45, 2.75) is 26.4 Å².